The molecule has 12 rings (SSSR count). The van der Waals surface area contributed by atoms with Gasteiger partial charge in [-0.3, -0.25) is 38.8 Å². The van der Waals surface area contributed by atoms with E-state index in [1.807, 2.05) is 62.6 Å². The number of aliphatic hydroxyl groups is 1. The van der Waals surface area contributed by atoms with Crippen LogP contribution in [0.4, 0.5) is 26.3 Å². The molecule has 2 fully saturated rings. The Kier molecular flexibility index (Phi) is 20.1. The third kappa shape index (κ3) is 11.8. The summed E-state index contributed by atoms with van der Waals surface area (Å²) in [6.45, 7) is 12.8. The van der Waals surface area contributed by atoms with Crippen LogP contribution in [0, 0.1) is 147 Å². The van der Waals surface area contributed by atoms with Crippen molar-refractivity contribution in [3.8, 4) is 52.1 Å². The number of alkyl halides is 6. The van der Waals surface area contributed by atoms with Gasteiger partial charge in [0.2, 0.25) is 31.2 Å². The molecule has 2 saturated heterocycles. The number of ether oxygens (including phenoxy) is 4. The molecule has 8 aliphatic rings. The van der Waals surface area contributed by atoms with Crippen molar-refractivity contribution in [3.05, 3.63) is 90.0 Å². The first kappa shape index (κ1) is 70.4. The van der Waals surface area contributed by atoms with Crippen LogP contribution in [-0.4, -0.2) is 164 Å². The maximum atomic E-state index is 13.1. The van der Waals surface area contributed by atoms with Gasteiger partial charge in [0.05, 0.1) is 36.3 Å². The van der Waals surface area contributed by atoms with Gasteiger partial charge in [0.25, 0.3) is 0 Å². The zero-order valence-corrected chi connectivity index (χ0v) is 61.1. The molecule has 12 atom stereocenters. The van der Waals surface area contributed by atoms with Gasteiger partial charge in [0, 0.05) is 176 Å². The standard InChI is InChI=1S/C32H35F3N4O6.C30H35F3N4O7.2Ac/c1-13-6-17-8-19-21(10-36)39-20(26(38(19)5)24(17)28(42)15(13)3)9-18-25(30-29(44-12-45-30)16(4)27(18)41)22(39)11-37-31(43)14(2)7-23(40)32(33,34)35;1-11-6-15-7-18-28(41)37-17(22(36(18)5)20(15)24(39)12(11)2)8-16-21(26-25(43-10-44-26)13(3)23(16)38)19(37)9-34-27(40)14(4)35-29(42)30(31,32)33;;/h6,14,19-22,26,41-42H,7-9,11-12H2,1-5H3,(H,37,43);6,14,17-19,22,28,38-39,41H,7-10H2,1-5H3,(H,34,40)(H,35,42);;/t14-,19+,20?,21+,22+,26+;14-,17?,18-,19-,22-,28?;;/m10../s1. The number of hydrogen-bond acceptors (Lipinski definition) is 18. The normalized spacial score (nSPS) is 25.5. The number of phenols is 4. The van der Waals surface area contributed by atoms with E-state index in [0.29, 0.717) is 69.2 Å². The number of ketones is 1. The first-order chi connectivity index (χ1) is 41.8. The van der Waals surface area contributed by atoms with Gasteiger partial charge in [-0.05, 0) is 122 Å². The number of nitrogens with zero attached hydrogens (tertiary/aromatic N) is 5. The smallest absolute Gasteiger partial charge is 0.471 e. The first-order valence-corrected chi connectivity index (χ1v) is 29.3. The number of rotatable bonds is 9. The molecule has 8 heterocycles. The topological polar surface area (TPSA) is 279 Å². The van der Waals surface area contributed by atoms with Gasteiger partial charge in [0.15, 0.2) is 23.0 Å². The summed E-state index contributed by atoms with van der Waals surface area (Å²) in [5, 5.41) is 75.4. The minimum Gasteiger partial charge on any atom is -0.507 e. The molecule has 484 valence electrons. The van der Waals surface area contributed by atoms with E-state index in [9.17, 15) is 76.3 Å². The number of likely N-dealkylation sites (N-methyl/N-ethyl adjacent to an activating group) is 2. The van der Waals surface area contributed by atoms with E-state index in [1.54, 1.807) is 19.2 Å². The minimum atomic E-state index is -5.15. The molecule has 4 aromatic carbocycles. The van der Waals surface area contributed by atoms with Gasteiger partial charge in [-0.25, -0.2) is 0 Å². The molecule has 3 unspecified atom stereocenters. The number of carbonyl (C=O) groups is 4. The van der Waals surface area contributed by atoms with Crippen molar-refractivity contribution in [2.75, 3.05) is 40.8 Å². The van der Waals surface area contributed by atoms with Crippen LogP contribution >= 0.6 is 0 Å². The van der Waals surface area contributed by atoms with Crippen LogP contribution in [-0.2, 0) is 44.9 Å². The third-order valence-corrected chi connectivity index (χ3v) is 19.9. The molecule has 2 radical (unpaired) electrons. The van der Waals surface area contributed by atoms with Gasteiger partial charge >= 0.3 is 18.3 Å². The van der Waals surface area contributed by atoms with E-state index in [4.69, 9.17) is 18.9 Å². The number of halogens is 6. The molecular formula is C62H70Ac2F6N8O13. The largest absolute Gasteiger partial charge is 0.507 e. The zero-order valence-electron chi connectivity index (χ0n) is 51.6. The zero-order chi connectivity index (χ0) is 64.7. The maximum absolute atomic E-state index is 13.1. The van der Waals surface area contributed by atoms with Crippen molar-refractivity contribution in [2.45, 2.75) is 166 Å². The van der Waals surface area contributed by atoms with Crippen molar-refractivity contribution >= 4 is 23.5 Å². The second-order valence-electron chi connectivity index (χ2n) is 24.8. The van der Waals surface area contributed by atoms with Crippen LogP contribution < -0.4 is 34.9 Å². The van der Waals surface area contributed by atoms with E-state index < -0.39 is 103 Å². The quantitative estimate of drug-likeness (QED) is 0.0902. The van der Waals surface area contributed by atoms with Gasteiger partial charge in [-0.2, -0.15) is 31.6 Å². The fourth-order valence-electron chi connectivity index (χ4n) is 15.2. The van der Waals surface area contributed by atoms with Gasteiger partial charge < -0.3 is 60.4 Å². The van der Waals surface area contributed by atoms with Crippen molar-refractivity contribution < 1.29 is 178 Å². The van der Waals surface area contributed by atoms with Gasteiger partial charge in [-0.15, -0.1) is 0 Å². The van der Waals surface area contributed by atoms with Crippen LogP contribution in [0.5, 0.6) is 46.0 Å². The Morgan fingerprint density at radius 2 is 1.03 bits per heavy atom. The van der Waals surface area contributed by atoms with E-state index >= 15 is 0 Å². The predicted octanol–water partition coefficient (Wildman–Crippen LogP) is 5.93. The molecular weight excluding hydrogens is 1630 g/mol. The summed E-state index contributed by atoms with van der Waals surface area (Å²) < 4.78 is 100. The minimum absolute atomic E-state index is 0. The molecule has 8 aliphatic heterocycles. The number of hydrogen-bond donors (Lipinski definition) is 8. The average molecular weight is 1700 g/mol. The number of phenolic OH excluding ortho intramolecular Hbond substituents is 4. The Balaban J connectivity index is 0.000000211. The molecule has 0 spiro atoms. The van der Waals surface area contributed by atoms with Crippen molar-refractivity contribution in [1.29, 1.82) is 5.26 Å². The molecule has 3 amide bonds. The summed E-state index contributed by atoms with van der Waals surface area (Å²) in [6.07, 6.45) is -10.8. The number of aromatic hydroxyl groups is 4. The molecule has 91 heavy (non-hydrogen) atoms. The first-order valence-electron chi connectivity index (χ1n) is 29.3. The van der Waals surface area contributed by atoms with Crippen molar-refractivity contribution in [1.82, 2.24) is 35.6 Å². The summed E-state index contributed by atoms with van der Waals surface area (Å²) >= 11 is 0. The second-order valence-corrected chi connectivity index (χ2v) is 24.8. The third-order valence-electron chi connectivity index (χ3n) is 19.9. The number of piperazine rings is 2. The SMILES string of the molecule is Cc1cc2c(c(O)c1C)[C@@H]1C3Cc4c(O)c(C)c5c(c4[C@H](CNC(=O)[C@H](C)CC(=O)C(F)(F)F)N3[C@@H](C#N)[C@H](C2)N1C)OCO5.Cc1cc2c(c(O)c1C)[C@@H]1C3Cc4c(O)c(C)c5c(c4[C@H](CNC(=O)[C@H](C)NC(=O)C(F)(F)F)N3C(O)[C@H](C2)N1C)OCO5.[Ac].[Ac]. The number of aliphatic hydroxyl groups excluding tert-OH is 1. The fraction of sp³-hybridized carbons (Fsp3) is 0.532. The summed E-state index contributed by atoms with van der Waals surface area (Å²) in [5.41, 5.74) is 9.79. The Labute approximate surface area is 592 Å². The summed E-state index contributed by atoms with van der Waals surface area (Å²) in [5.74, 6) is -5.36. The molecule has 21 nitrogen and oxygen atoms in total. The molecule has 4 aromatic rings. The van der Waals surface area contributed by atoms with E-state index in [2.05, 4.69) is 27.7 Å². The maximum Gasteiger partial charge on any atom is 0.471 e. The van der Waals surface area contributed by atoms with E-state index in [1.165, 1.54) is 6.92 Å². The van der Waals surface area contributed by atoms with Gasteiger partial charge in [-0.1, -0.05) is 19.1 Å². The number of fused-ring (bicyclic) bond motifs is 18. The number of aryl methyl sites for hydroxylation is 2. The van der Waals surface area contributed by atoms with Crippen molar-refractivity contribution in [2.24, 2.45) is 5.92 Å². The molecule has 0 aromatic heterocycles. The Hall–Kier alpha value is -4.89. The second kappa shape index (κ2) is 26.0. The molecule has 8 N–H and O–H groups in total. The average Bonchev–Trinajstić information content (AvgIpc) is 0.812. The molecule has 0 saturated carbocycles. The number of nitrogens with one attached hydrogen (secondary N) is 3. The number of amides is 3. The summed E-state index contributed by atoms with van der Waals surface area (Å²) in [6, 6.07) is 0.336. The molecule has 0 aliphatic carbocycles. The fourth-order valence-corrected chi connectivity index (χ4v) is 15.2. The molecule has 4 bridgehead atoms. The summed E-state index contributed by atoms with van der Waals surface area (Å²) in [4.78, 5) is 57.1. The predicted molar refractivity (Wildman–Crippen MR) is 303 cm³/mol. The van der Waals surface area contributed by atoms with Crippen LogP contribution in [0.15, 0.2) is 12.1 Å². The van der Waals surface area contributed by atoms with Crippen LogP contribution in [0.2, 0.25) is 0 Å². The number of nitriles is 1. The van der Waals surface area contributed by atoms with Crippen LogP contribution in [0.25, 0.3) is 0 Å². The van der Waals surface area contributed by atoms with Crippen molar-refractivity contribution in [3.63, 3.8) is 0 Å². The Bertz CT molecular complexity index is 3700. The van der Waals surface area contributed by atoms with Crippen LogP contribution in [0.3, 0.4) is 0 Å². The Morgan fingerprint density at radius 3 is 1.49 bits per heavy atom. The van der Waals surface area contributed by atoms with Crippen LogP contribution in [0.1, 0.15) is 122 Å². The van der Waals surface area contributed by atoms with Gasteiger partial charge in [0.1, 0.15) is 41.3 Å². The summed E-state index contributed by atoms with van der Waals surface area (Å²) in [7, 11) is 3.81. The number of Topliss-reactive ketones (excluding diaryl/α,β-unsaturated/α-hetero) is 1. The monoisotopic (exact) mass is 1700 g/mol. The number of carbonyl (C=O) groups excluding carboxylic acids is 4. The van der Waals surface area contributed by atoms with E-state index in [0.717, 1.165) is 51.4 Å². The number of benzene rings is 4. The molecule has 29 heteroatoms. The Morgan fingerprint density at radius 1 is 0.604 bits per heavy atom. The van der Waals surface area contributed by atoms with E-state index in [-0.39, 0.29) is 163 Å².